The molecule has 0 unspecified atom stereocenters. The van der Waals surface area contributed by atoms with Crippen molar-refractivity contribution in [2.24, 2.45) is 0 Å². The van der Waals surface area contributed by atoms with Gasteiger partial charge in [0.15, 0.2) is 0 Å². The predicted octanol–water partition coefficient (Wildman–Crippen LogP) is 1.81. The van der Waals surface area contributed by atoms with Crippen molar-refractivity contribution in [3.05, 3.63) is 23.8 Å². The second kappa shape index (κ2) is 3.93. The molecule has 3 nitrogen and oxygen atoms in total. The van der Waals surface area contributed by atoms with Gasteiger partial charge in [0.2, 0.25) is 0 Å². The molecule has 2 N–H and O–H groups in total. The highest BCUT2D eigenvalue weighted by atomic mass is 35.5. The van der Waals surface area contributed by atoms with Gasteiger partial charge >= 0.3 is 0 Å². The quantitative estimate of drug-likeness (QED) is 0.526. The minimum absolute atomic E-state index is 0.412. The number of H-pyrrole nitrogens is 1. The molecular weight excluding hydrogens is 162 g/mol. The van der Waals surface area contributed by atoms with E-state index in [1.807, 2.05) is 0 Å². The topological polar surface area (TPSA) is 52.5 Å². The maximum absolute atomic E-state index is 6.72. The van der Waals surface area contributed by atoms with E-state index in [2.05, 4.69) is 9.97 Å². The molecule has 0 aromatic carbocycles. The van der Waals surface area contributed by atoms with Crippen LogP contribution >= 0.6 is 11.6 Å². The van der Waals surface area contributed by atoms with E-state index >= 15 is 0 Å². The molecular formula is C7H8ClN3. The number of rotatable bonds is 3. The number of allylic oxidation sites excluding steroid dienone is 1. The van der Waals surface area contributed by atoms with Crippen LogP contribution in [0.25, 0.3) is 6.08 Å². The van der Waals surface area contributed by atoms with Gasteiger partial charge < -0.3 is 10.4 Å². The monoisotopic (exact) mass is 169 g/mol. The minimum atomic E-state index is 0.412. The first-order chi connectivity index (χ1) is 5.36. The summed E-state index contributed by atoms with van der Waals surface area (Å²) in [7, 11) is 0. The van der Waals surface area contributed by atoms with Gasteiger partial charge in [0.05, 0.1) is 11.6 Å². The molecule has 0 aliphatic heterocycles. The van der Waals surface area contributed by atoms with Crippen molar-refractivity contribution >= 4 is 23.9 Å². The van der Waals surface area contributed by atoms with Crippen LogP contribution in [0.4, 0.5) is 0 Å². The van der Waals surface area contributed by atoms with Crippen LogP contribution in [0, 0.1) is 5.41 Å². The summed E-state index contributed by atoms with van der Waals surface area (Å²) in [6, 6.07) is 0. The molecule has 0 fully saturated rings. The van der Waals surface area contributed by atoms with E-state index in [-0.39, 0.29) is 0 Å². The lowest BCUT2D eigenvalue weighted by molar-refractivity contribution is 1.20. The molecule has 0 amide bonds. The molecule has 0 aliphatic rings. The van der Waals surface area contributed by atoms with Crippen LogP contribution in [0.2, 0.25) is 0 Å². The van der Waals surface area contributed by atoms with Crippen LogP contribution in [0.15, 0.2) is 12.3 Å². The van der Waals surface area contributed by atoms with Gasteiger partial charge in [-0.1, -0.05) is 0 Å². The summed E-state index contributed by atoms with van der Waals surface area (Å²) in [5.74, 6) is 1.14. The number of hydrogen-bond acceptors (Lipinski definition) is 2. The molecule has 0 saturated heterocycles. The number of hydrogen-bond donors (Lipinski definition) is 2. The molecule has 0 aliphatic carbocycles. The zero-order valence-corrected chi connectivity index (χ0v) is 6.60. The van der Waals surface area contributed by atoms with E-state index in [4.69, 9.17) is 17.0 Å². The average molecular weight is 170 g/mol. The van der Waals surface area contributed by atoms with Gasteiger partial charge in [0, 0.05) is 12.4 Å². The normalized spacial score (nSPS) is 10.6. The number of nitrogens with one attached hydrogen (secondary N) is 2. The fourth-order valence-electron chi connectivity index (χ4n) is 0.670. The Labute approximate surface area is 69.6 Å². The summed E-state index contributed by atoms with van der Waals surface area (Å²) in [4.78, 5) is 6.99. The summed E-state index contributed by atoms with van der Waals surface area (Å²) >= 11 is 5.52. The molecule has 1 aromatic heterocycles. The van der Waals surface area contributed by atoms with Gasteiger partial charge in [-0.2, -0.15) is 0 Å². The number of aromatic amines is 1. The van der Waals surface area contributed by atoms with E-state index in [1.54, 1.807) is 18.3 Å². The van der Waals surface area contributed by atoms with E-state index in [0.29, 0.717) is 5.88 Å². The average Bonchev–Trinajstić information content (AvgIpc) is 2.48. The molecule has 0 radical (unpaired) electrons. The molecule has 1 rings (SSSR count). The standard InChI is InChI=1S/C7H8ClN3/c8-4-6-5-10-7(11-6)2-1-3-9/h1-3,5,9H,4H2,(H,10,11)/b2-1-,9-3?. The molecule has 58 valence electrons. The maximum Gasteiger partial charge on any atom is 0.130 e. The summed E-state index contributed by atoms with van der Waals surface area (Å²) in [6.07, 6.45) is 6.25. The molecule has 0 spiro atoms. The van der Waals surface area contributed by atoms with Crippen molar-refractivity contribution in [3.63, 3.8) is 0 Å². The lowest BCUT2D eigenvalue weighted by atomic mass is 10.5. The zero-order valence-electron chi connectivity index (χ0n) is 5.84. The van der Waals surface area contributed by atoms with Gasteiger partial charge in [-0.05, 0) is 12.2 Å². The maximum atomic E-state index is 6.72. The van der Waals surface area contributed by atoms with Crippen molar-refractivity contribution in [3.8, 4) is 0 Å². The van der Waals surface area contributed by atoms with Gasteiger partial charge in [-0.15, -0.1) is 11.6 Å². The molecule has 0 bridgehead atoms. The van der Waals surface area contributed by atoms with E-state index in [1.165, 1.54) is 6.21 Å². The van der Waals surface area contributed by atoms with E-state index in [0.717, 1.165) is 11.5 Å². The van der Waals surface area contributed by atoms with Crippen LogP contribution in [0.5, 0.6) is 0 Å². The SMILES string of the molecule is N=C/C=C\c1nc(CCl)c[nH]1. The second-order valence-corrected chi connectivity index (χ2v) is 2.20. The number of imidazole rings is 1. The third-order valence-corrected chi connectivity index (χ3v) is 1.41. The summed E-state index contributed by atoms with van der Waals surface area (Å²) in [5, 5.41) is 6.72. The van der Waals surface area contributed by atoms with Crippen LogP contribution < -0.4 is 0 Å². The Balaban J connectivity index is 2.72. The first kappa shape index (κ1) is 8.01. The van der Waals surface area contributed by atoms with Crippen molar-refractivity contribution in [2.45, 2.75) is 5.88 Å². The lowest BCUT2D eigenvalue weighted by Gasteiger charge is -1.80. The number of halogens is 1. The summed E-state index contributed by atoms with van der Waals surface area (Å²) < 4.78 is 0. The van der Waals surface area contributed by atoms with E-state index < -0.39 is 0 Å². The Bertz CT molecular complexity index is 264. The molecule has 0 atom stereocenters. The molecule has 4 heteroatoms. The Morgan fingerprint density at radius 1 is 1.73 bits per heavy atom. The van der Waals surface area contributed by atoms with Crippen LogP contribution in [-0.4, -0.2) is 16.2 Å². The largest absolute Gasteiger partial charge is 0.345 e. The molecule has 1 heterocycles. The van der Waals surface area contributed by atoms with Gasteiger partial charge in [-0.3, -0.25) is 0 Å². The second-order valence-electron chi connectivity index (χ2n) is 1.94. The van der Waals surface area contributed by atoms with Crippen LogP contribution in [0.3, 0.4) is 0 Å². The fraction of sp³-hybridized carbons (Fsp3) is 0.143. The predicted molar refractivity (Wildman–Crippen MR) is 46.0 cm³/mol. The molecule has 0 saturated carbocycles. The van der Waals surface area contributed by atoms with Gasteiger partial charge in [0.1, 0.15) is 5.82 Å². The fourth-order valence-corrected chi connectivity index (χ4v) is 0.807. The van der Waals surface area contributed by atoms with Crippen molar-refractivity contribution in [1.29, 1.82) is 5.41 Å². The zero-order chi connectivity index (χ0) is 8.10. The Kier molecular flexibility index (Phi) is 2.86. The van der Waals surface area contributed by atoms with Gasteiger partial charge in [0.25, 0.3) is 0 Å². The highest BCUT2D eigenvalue weighted by molar-refractivity contribution is 6.16. The first-order valence-corrected chi connectivity index (χ1v) is 3.67. The third kappa shape index (κ3) is 2.20. The summed E-state index contributed by atoms with van der Waals surface area (Å²) in [5.41, 5.74) is 0.816. The highest BCUT2D eigenvalue weighted by Gasteiger charge is 1.93. The number of nitrogens with zero attached hydrogens (tertiary/aromatic N) is 1. The summed E-state index contributed by atoms with van der Waals surface area (Å²) in [6.45, 7) is 0. The van der Waals surface area contributed by atoms with Gasteiger partial charge in [-0.25, -0.2) is 4.98 Å². The lowest BCUT2D eigenvalue weighted by Crippen LogP contribution is -1.76. The van der Waals surface area contributed by atoms with Crippen molar-refractivity contribution in [2.75, 3.05) is 0 Å². The number of alkyl halides is 1. The highest BCUT2D eigenvalue weighted by Crippen LogP contribution is 2.01. The Morgan fingerprint density at radius 3 is 3.09 bits per heavy atom. The molecule has 1 aromatic rings. The number of aromatic nitrogens is 2. The van der Waals surface area contributed by atoms with Crippen LogP contribution in [0.1, 0.15) is 11.5 Å². The van der Waals surface area contributed by atoms with Crippen molar-refractivity contribution < 1.29 is 0 Å². The Morgan fingerprint density at radius 2 is 2.55 bits per heavy atom. The smallest absolute Gasteiger partial charge is 0.130 e. The van der Waals surface area contributed by atoms with Crippen LogP contribution in [-0.2, 0) is 5.88 Å². The molecule has 11 heavy (non-hydrogen) atoms. The minimum Gasteiger partial charge on any atom is -0.345 e. The Hall–Kier alpha value is -1.09. The first-order valence-electron chi connectivity index (χ1n) is 3.14. The van der Waals surface area contributed by atoms with E-state index in [9.17, 15) is 0 Å². The van der Waals surface area contributed by atoms with Crippen molar-refractivity contribution in [1.82, 2.24) is 9.97 Å². The third-order valence-electron chi connectivity index (χ3n) is 1.14.